The molecule has 0 bridgehead atoms. The van der Waals surface area contributed by atoms with Crippen molar-refractivity contribution in [3.63, 3.8) is 0 Å². The highest BCUT2D eigenvalue weighted by Crippen LogP contribution is 2.33. The van der Waals surface area contributed by atoms with Gasteiger partial charge in [0.1, 0.15) is 12.2 Å². The Hall–Kier alpha value is -3.52. The van der Waals surface area contributed by atoms with Gasteiger partial charge in [0, 0.05) is 25.7 Å². The van der Waals surface area contributed by atoms with Crippen LogP contribution >= 0.6 is 0 Å². The van der Waals surface area contributed by atoms with Gasteiger partial charge in [-0.3, -0.25) is 4.79 Å². The molecule has 12 nitrogen and oxygen atoms in total. The lowest BCUT2D eigenvalue weighted by Crippen LogP contribution is -2.61. The number of phenols is 1. The lowest BCUT2D eigenvalue weighted by Gasteiger charge is -2.41. The van der Waals surface area contributed by atoms with Crippen molar-refractivity contribution in [3.8, 4) is 11.5 Å². The van der Waals surface area contributed by atoms with E-state index in [1.807, 2.05) is 24.3 Å². The first-order valence-corrected chi connectivity index (χ1v) is 13.5. The molecule has 12 heteroatoms. The van der Waals surface area contributed by atoms with Gasteiger partial charge in [-0.25, -0.2) is 4.79 Å². The molecule has 230 valence electrons. The highest BCUT2D eigenvalue weighted by molar-refractivity contribution is 5.94. The largest absolute Gasteiger partial charge is 0.504 e. The fraction of sp³-hybridized carbons (Fsp3) is 0.467. The third-order valence-electron chi connectivity index (χ3n) is 6.94. The molecule has 0 radical (unpaired) electrons. The number of carbonyl (C=O) groups excluding carboxylic acids is 2. The van der Waals surface area contributed by atoms with E-state index in [0.717, 1.165) is 18.1 Å². The number of hydrogen-bond acceptors (Lipinski definition) is 12. The van der Waals surface area contributed by atoms with E-state index in [4.69, 9.17) is 18.9 Å². The van der Waals surface area contributed by atoms with Gasteiger partial charge in [0.15, 0.2) is 30.0 Å². The van der Waals surface area contributed by atoms with Gasteiger partial charge in [-0.2, -0.15) is 0 Å². The summed E-state index contributed by atoms with van der Waals surface area (Å²) in [6, 6.07) is 11.8. The molecule has 0 spiro atoms. The second-order valence-electron chi connectivity index (χ2n) is 9.92. The Kier molecular flexibility index (Phi) is 12.3. The summed E-state index contributed by atoms with van der Waals surface area (Å²) in [6.07, 6.45) is -5.67. The van der Waals surface area contributed by atoms with E-state index < -0.39 is 49.3 Å². The first kappa shape index (κ1) is 33.0. The topological polar surface area (TPSA) is 192 Å². The van der Waals surface area contributed by atoms with Crippen molar-refractivity contribution in [2.24, 2.45) is 0 Å². The van der Waals surface area contributed by atoms with E-state index in [2.05, 4.69) is 0 Å². The fourth-order valence-electron chi connectivity index (χ4n) is 4.84. The molecule has 1 heterocycles. The van der Waals surface area contributed by atoms with Gasteiger partial charge in [0.25, 0.3) is 0 Å². The normalized spacial score (nSPS) is 23.2. The smallest absolute Gasteiger partial charge is 0.334 e. The molecule has 1 saturated heterocycles. The summed E-state index contributed by atoms with van der Waals surface area (Å²) in [6.45, 7) is 0.146. The molecule has 0 unspecified atom stereocenters. The number of hydrogen-bond donors (Lipinski definition) is 6. The van der Waals surface area contributed by atoms with Crippen LogP contribution in [0.25, 0.3) is 6.08 Å². The average molecular weight is 591 g/mol. The Bertz CT molecular complexity index is 1230. The first-order chi connectivity index (χ1) is 20.1. The second kappa shape index (κ2) is 15.6. The molecule has 3 rings (SSSR count). The maximum atomic E-state index is 13.7. The predicted molar refractivity (Wildman–Crippen MR) is 148 cm³/mol. The van der Waals surface area contributed by atoms with E-state index in [1.165, 1.54) is 25.3 Å². The van der Waals surface area contributed by atoms with Crippen molar-refractivity contribution >= 4 is 18.0 Å². The van der Waals surface area contributed by atoms with Crippen LogP contribution in [0.5, 0.6) is 11.5 Å². The lowest BCUT2D eigenvalue weighted by molar-refractivity contribution is -0.292. The standard InChI is InChI=1S/C30H38O12/c1-17(34)40-27-26(36)25(16-33)41-30(38)28(27)42-29(37)22(13-19-6-7-23(35)24(14-19)39-2)15-21(9-11-32)20-5-3-4-18(12-20)8-10-31/h3-7,12-14,21,25-28,30-33,35-36,38H,8-11,15-16H2,1-2H3/b22-13+/t21-,25-,26-,27+,28+,30+/m0/s1. The van der Waals surface area contributed by atoms with Crippen LogP contribution < -0.4 is 4.74 Å². The van der Waals surface area contributed by atoms with Gasteiger partial charge >= 0.3 is 11.9 Å². The maximum Gasteiger partial charge on any atom is 0.334 e. The van der Waals surface area contributed by atoms with E-state index in [-0.39, 0.29) is 49.0 Å². The fourth-order valence-corrected chi connectivity index (χ4v) is 4.84. The monoisotopic (exact) mass is 590 g/mol. The third kappa shape index (κ3) is 8.51. The molecule has 1 fully saturated rings. The summed E-state index contributed by atoms with van der Waals surface area (Å²) in [7, 11) is 1.37. The predicted octanol–water partition coefficient (Wildman–Crippen LogP) is 0.789. The average Bonchev–Trinajstić information content (AvgIpc) is 2.96. The molecule has 1 aliphatic heterocycles. The number of carbonyl (C=O) groups is 2. The number of aromatic hydroxyl groups is 1. The van der Waals surface area contributed by atoms with Gasteiger partial charge < -0.3 is 49.6 Å². The summed E-state index contributed by atoms with van der Waals surface area (Å²) in [5.41, 5.74) is 2.22. The summed E-state index contributed by atoms with van der Waals surface area (Å²) in [5.74, 6) is -2.09. The summed E-state index contributed by atoms with van der Waals surface area (Å²) in [5, 5.41) is 59.9. The first-order valence-electron chi connectivity index (χ1n) is 13.5. The van der Waals surface area contributed by atoms with E-state index in [9.17, 15) is 40.2 Å². The van der Waals surface area contributed by atoms with Gasteiger partial charge in [0.05, 0.1) is 13.7 Å². The zero-order valence-electron chi connectivity index (χ0n) is 23.5. The Morgan fingerprint density at radius 3 is 2.43 bits per heavy atom. The molecule has 2 aromatic rings. The van der Waals surface area contributed by atoms with Crippen LogP contribution in [-0.4, -0.2) is 100 Å². The number of esters is 2. The number of aliphatic hydroxyl groups excluding tert-OH is 5. The Balaban J connectivity index is 2.01. The zero-order valence-corrected chi connectivity index (χ0v) is 23.5. The maximum absolute atomic E-state index is 13.7. The molecular formula is C30H38O12. The molecule has 6 N–H and O–H groups in total. The molecule has 0 saturated carbocycles. The van der Waals surface area contributed by atoms with Gasteiger partial charge in [0.2, 0.25) is 0 Å². The molecule has 6 atom stereocenters. The highest BCUT2D eigenvalue weighted by Gasteiger charge is 2.49. The van der Waals surface area contributed by atoms with Crippen molar-refractivity contribution in [1.29, 1.82) is 0 Å². The van der Waals surface area contributed by atoms with E-state index in [0.29, 0.717) is 12.0 Å². The molecular weight excluding hydrogens is 552 g/mol. The van der Waals surface area contributed by atoms with Crippen LogP contribution in [0, 0.1) is 0 Å². The van der Waals surface area contributed by atoms with Crippen LogP contribution in [0.3, 0.4) is 0 Å². The SMILES string of the molecule is COc1cc(/C=C(\C[C@H](CCO)c2cccc(CCO)c2)C(=O)O[C@@H]2[C@H](OC(C)=O)[C@@H](O)[C@H](CO)O[C@H]2O)ccc1O. The third-order valence-corrected chi connectivity index (χ3v) is 6.94. The molecule has 42 heavy (non-hydrogen) atoms. The number of rotatable bonds is 13. The quantitative estimate of drug-likeness (QED) is 0.142. The molecule has 0 amide bonds. The van der Waals surface area contributed by atoms with Crippen molar-refractivity contribution < 1.29 is 59.2 Å². The molecule has 0 aromatic heterocycles. The number of aliphatic hydroxyl groups is 5. The second-order valence-corrected chi connectivity index (χ2v) is 9.92. The van der Waals surface area contributed by atoms with Gasteiger partial charge in [-0.05, 0) is 60.1 Å². The number of benzene rings is 2. The van der Waals surface area contributed by atoms with Crippen LogP contribution in [0.2, 0.25) is 0 Å². The van der Waals surface area contributed by atoms with Gasteiger partial charge in [-0.15, -0.1) is 0 Å². The van der Waals surface area contributed by atoms with Crippen molar-refractivity contribution in [2.75, 3.05) is 26.9 Å². The van der Waals surface area contributed by atoms with Gasteiger partial charge in [-0.1, -0.05) is 30.3 Å². The minimum Gasteiger partial charge on any atom is -0.504 e. The molecule has 0 aliphatic carbocycles. The van der Waals surface area contributed by atoms with Crippen LogP contribution in [-0.2, 0) is 30.2 Å². The summed E-state index contributed by atoms with van der Waals surface area (Å²) >= 11 is 0. The van der Waals surface area contributed by atoms with Crippen molar-refractivity contribution in [3.05, 3.63) is 64.7 Å². The zero-order chi connectivity index (χ0) is 30.8. The van der Waals surface area contributed by atoms with Crippen LogP contribution in [0.1, 0.15) is 42.4 Å². The summed E-state index contributed by atoms with van der Waals surface area (Å²) in [4.78, 5) is 25.5. The minimum atomic E-state index is -1.84. The lowest BCUT2D eigenvalue weighted by atomic mass is 9.87. The number of ether oxygens (including phenoxy) is 4. The van der Waals surface area contributed by atoms with Crippen LogP contribution in [0.15, 0.2) is 48.0 Å². The number of phenolic OH excluding ortho intramolecular Hbond substituents is 1. The van der Waals surface area contributed by atoms with E-state index >= 15 is 0 Å². The molecule has 2 aromatic carbocycles. The van der Waals surface area contributed by atoms with Crippen LogP contribution in [0.4, 0.5) is 0 Å². The Labute approximate surface area is 243 Å². The van der Waals surface area contributed by atoms with Crippen molar-refractivity contribution in [1.82, 2.24) is 0 Å². The molecule has 1 aliphatic rings. The minimum absolute atomic E-state index is 0.0490. The number of methoxy groups -OCH3 is 1. The summed E-state index contributed by atoms with van der Waals surface area (Å²) < 4.78 is 21.1. The highest BCUT2D eigenvalue weighted by atomic mass is 16.7. The Morgan fingerprint density at radius 2 is 1.79 bits per heavy atom. The van der Waals surface area contributed by atoms with E-state index in [1.54, 1.807) is 6.07 Å². The van der Waals surface area contributed by atoms with Crippen molar-refractivity contribution in [2.45, 2.75) is 62.8 Å². The Morgan fingerprint density at radius 1 is 1.02 bits per heavy atom.